The van der Waals surface area contributed by atoms with Crippen LogP contribution in [0.5, 0.6) is 5.75 Å². The average Bonchev–Trinajstić information content (AvgIpc) is 3.73. The molecule has 1 saturated heterocycles. The van der Waals surface area contributed by atoms with Crippen LogP contribution in [-0.4, -0.2) is 50.0 Å². The van der Waals surface area contributed by atoms with Crippen LogP contribution in [0.2, 0.25) is 0 Å². The topological polar surface area (TPSA) is 32.8 Å². The molecule has 5 rings (SSSR count). The molecule has 1 aliphatic heterocycles. The van der Waals surface area contributed by atoms with Gasteiger partial charge in [-0.3, -0.25) is 9.69 Å². The highest BCUT2D eigenvalue weighted by Gasteiger charge is 2.47. The number of Topliss-reactive ketones (excluding diaryl/α,β-unsaturated/α-hetero) is 1. The minimum Gasteiger partial charge on any atom is -0.486 e. The number of hydrogen-bond acceptors (Lipinski definition) is 4. The molecular formula is C30H37F3N2O2. The van der Waals surface area contributed by atoms with Gasteiger partial charge in [-0.2, -0.15) is 13.2 Å². The molecule has 1 heterocycles. The zero-order valence-electron chi connectivity index (χ0n) is 21.3. The zero-order valence-corrected chi connectivity index (χ0v) is 21.3. The molecule has 3 fully saturated rings. The number of piperazine rings is 1. The van der Waals surface area contributed by atoms with Crippen LogP contribution in [0, 0.1) is 23.7 Å². The number of ketones is 1. The van der Waals surface area contributed by atoms with E-state index in [-0.39, 0.29) is 18.3 Å². The lowest BCUT2D eigenvalue weighted by Gasteiger charge is -2.37. The van der Waals surface area contributed by atoms with E-state index in [1.54, 1.807) is 6.07 Å². The molecule has 2 aromatic rings. The maximum Gasteiger partial charge on any atom is 0.416 e. The van der Waals surface area contributed by atoms with Crippen molar-refractivity contribution in [1.29, 1.82) is 0 Å². The van der Waals surface area contributed by atoms with E-state index in [1.165, 1.54) is 44.2 Å². The maximum atomic E-state index is 13.0. The van der Waals surface area contributed by atoms with Crippen molar-refractivity contribution in [3.05, 3.63) is 60.2 Å². The van der Waals surface area contributed by atoms with Crippen molar-refractivity contribution in [2.75, 3.05) is 44.2 Å². The van der Waals surface area contributed by atoms with E-state index in [1.807, 2.05) is 30.3 Å². The summed E-state index contributed by atoms with van der Waals surface area (Å²) in [5.41, 5.74) is 0.0849. The van der Waals surface area contributed by atoms with Crippen molar-refractivity contribution in [1.82, 2.24) is 4.90 Å². The van der Waals surface area contributed by atoms with Crippen molar-refractivity contribution in [3.63, 3.8) is 0 Å². The number of benzene rings is 2. The minimum atomic E-state index is -4.30. The number of para-hydroxylation sites is 1. The summed E-state index contributed by atoms with van der Waals surface area (Å²) in [6.07, 6.45) is 2.85. The molecule has 2 aromatic carbocycles. The summed E-state index contributed by atoms with van der Waals surface area (Å²) in [4.78, 5) is 17.1. The number of alkyl halides is 3. The van der Waals surface area contributed by atoms with E-state index in [4.69, 9.17) is 4.74 Å². The van der Waals surface area contributed by atoms with Gasteiger partial charge in [0.15, 0.2) is 5.78 Å². The van der Waals surface area contributed by atoms with E-state index in [9.17, 15) is 18.0 Å². The van der Waals surface area contributed by atoms with Gasteiger partial charge in [0, 0.05) is 37.8 Å². The summed E-state index contributed by atoms with van der Waals surface area (Å²) in [5.74, 6) is 3.17. The van der Waals surface area contributed by atoms with Crippen molar-refractivity contribution in [3.8, 4) is 5.75 Å². The summed E-state index contributed by atoms with van der Waals surface area (Å²) >= 11 is 0. The van der Waals surface area contributed by atoms with Crippen molar-refractivity contribution in [2.45, 2.75) is 44.7 Å². The van der Waals surface area contributed by atoms with Gasteiger partial charge in [0.25, 0.3) is 0 Å². The molecule has 0 radical (unpaired) electrons. The number of hydrogen-bond donors (Lipinski definition) is 0. The minimum absolute atomic E-state index is 0.182. The summed E-state index contributed by atoms with van der Waals surface area (Å²) in [6.45, 7) is 4.55. The highest BCUT2D eigenvalue weighted by molar-refractivity contribution is 5.85. The maximum absolute atomic E-state index is 13.0. The normalized spacial score (nSPS) is 26.6. The Balaban J connectivity index is 0.979. The smallest absolute Gasteiger partial charge is 0.416 e. The fraction of sp³-hybridized carbons (Fsp3) is 0.567. The number of nitrogens with zero attached hydrogens (tertiary/aromatic N) is 2. The van der Waals surface area contributed by atoms with Crippen LogP contribution in [0.3, 0.4) is 0 Å². The standard InChI is InChI=1S/C30H37F3N2O2/c31-30(32,33)24-5-4-6-25(19-24)35-17-15-34(16-18-35)14-13-22-9-11-23(12-10-22)27-20-28(27)29(36)21-37-26-7-2-1-3-8-26/h1-8,19,22-23,27-28H,9-18,20-21H2. The number of carbonyl (C=O) groups is 1. The van der Waals surface area contributed by atoms with Crippen molar-refractivity contribution in [2.24, 2.45) is 23.7 Å². The van der Waals surface area contributed by atoms with E-state index < -0.39 is 11.7 Å². The SMILES string of the molecule is O=C(COc1ccccc1)C1CC1C1CCC(CCN2CCN(c3cccc(C(F)(F)F)c3)CC2)CC1. The molecule has 2 saturated carbocycles. The van der Waals surface area contributed by atoms with Gasteiger partial charge in [0.2, 0.25) is 0 Å². The third-order valence-corrected chi connectivity index (χ3v) is 8.64. The highest BCUT2D eigenvalue weighted by atomic mass is 19.4. The number of rotatable bonds is 9. The predicted molar refractivity (Wildman–Crippen MR) is 139 cm³/mol. The second-order valence-corrected chi connectivity index (χ2v) is 11.0. The molecule has 2 unspecified atom stereocenters. The van der Waals surface area contributed by atoms with E-state index >= 15 is 0 Å². The molecule has 2 atom stereocenters. The fourth-order valence-corrected chi connectivity index (χ4v) is 6.26. The quantitative estimate of drug-likeness (QED) is 0.393. The third-order valence-electron chi connectivity index (χ3n) is 8.64. The van der Waals surface area contributed by atoms with Crippen molar-refractivity contribution < 1.29 is 22.7 Å². The summed E-state index contributed by atoms with van der Waals surface area (Å²) in [6, 6.07) is 15.2. The summed E-state index contributed by atoms with van der Waals surface area (Å²) in [5, 5.41) is 0. The lowest BCUT2D eigenvalue weighted by molar-refractivity contribution is -0.137. The predicted octanol–water partition coefficient (Wildman–Crippen LogP) is 6.31. The van der Waals surface area contributed by atoms with Gasteiger partial charge in [-0.25, -0.2) is 0 Å². The van der Waals surface area contributed by atoms with Gasteiger partial charge >= 0.3 is 6.18 Å². The first kappa shape index (κ1) is 26.1. The van der Waals surface area contributed by atoms with Gasteiger partial charge in [-0.1, -0.05) is 37.1 Å². The first-order valence-electron chi connectivity index (χ1n) is 13.7. The summed E-state index contributed by atoms with van der Waals surface area (Å²) < 4.78 is 44.8. The summed E-state index contributed by atoms with van der Waals surface area (Å²) in [7, 11) is 0. The average molecular weight is 515 g/mol. The molecule has 37 heavy (non-hydrogen) atoms. The Labute approximate surface area is 217 Å². The lowest BCUT2D eigenvalue weighted by atomic mass is 9.78. The molecule has 0 aromatic heterocycles. The molecule has 0 bridgehead atoms. The van der Waals surface area contributed by atoms with Gasteiger partial charge in [0.05, 0.1) is 5.56 Å². The monoisotopic (exact) mass is 514 g/mol. The zero-order chi connectivity index (χ0) is 25.8. The Hall–Kier alpha value is -2.54. The largest absolute Gasteiger partial charge is 0.486 e. The second-order valence-electron chi connectivity index (χ2n) is 11.0. The Bertz CT molecular complexity index is 1030. The Morgan fingerprint density at radius 3 is 2.35 bits per heavy atom. The molecule has 0 N–H and O–H groups in total. The Morgan fingerprint density at radius 2 is 1.65 bits per heavy atom. The number of halogens is 3. The number of anilines is 1. The molecule has 4 nitrogen and oxygen atoms in total. The van der Waals surface area contributed by atoms with Gasteiger partial charge in [-0.15, -0.1) is 0 Å². The second kappa shape index (κ2) is 11.5. The Morgan fingerprint density at radius 1 is 0.919 bits per heavy atom. The first-order valence-corrected chi connectivity index (χ1v) is 13.7. The molecule has 3 aliphatic rings. The number of carbonyl (C=O) groups excluding carboxylic acids is 1. The van der Waals surface area contributed by atoms with Crippen LogP contribution in [-0.2, 0) is 11.0 Å². The van der Waals surface area contributed by atoms with Gasteiger partial charge in [-0.05, 0) is 80.3 Å². The Kier molecular flexibility index (Phi) is 8.08. The van der Waals surface area contributed by atoms with Crippen LogP contribution in [0.25, 0.3) is 0 Å². The molecule has 2 aliphatic carbocycles. The molecule has 7 heteroatoms. The van der Waals surface area contributed by atoms with E-state index in [2.05, 4.69) is 9.80 Å². The molecular weight excluding hydrogens is 477 g/mol. The molecule has 0 spiro atoms. The van der Waals surface area contributed by atoms with E-state index in [0.717, 1.165) is 56.9 Å². The molecule has 0 amide bonds. The van der Waals surface area contributed by atoms with Crippen LogP contribution < -0.4 is 9.64 Å². The number of ether oxygens (including phenoxy) is 1. The van der Waals surface area contributed by atoms with E-state index in [0.29, 0.717) is 17.5 Å². The van der Waals surface area contributed by atoms with Crippen LogP contribution >= 0.6 is 0 Å². The first-order chi connectivity index (χ1) is 17.9. The fourth-order valence-electron chi connectivity index (χ4n) is 6.26. The van der Waals surface area contributed by atoms with Crippen LogP contribution in [0.15, 0.2) is 54.6 Å². The van der Waals surface area contributed by atoms with Crippen LogP contribution in [0.1, 0.15) is 44.1 Å². The molecule has 200 valence electrons. The van der Waals surface area contributed by atoms with Crippen LogP contribution in [0.4, 0.5) is 18.9 Å². The van der Waals surface area contributed by atoms with Gasteiger partial charge < -0.3 is 9.64 Å². The van der Waals surface area contributed by atoms with Crippen molar-refractivity contribution >= 4 is 11.5 Å². The lowest BCUT2D eigenvalue weighted by Crippen LogP contribution is -2.47. The van der Waals surface area contributed by atoms with Gasteiger partial charge in [0.1, 0.15) is 12.4 Å². The third kappa shape index (κ3) is 6.86. The highest BCUT2D eigenvalue weighted by Crippen LogP contribution is 2.50.